The summed E-state index contributed by atoms with van der Waals surface area (Å²) < 4.78 is 18.7. The van der Waals surface area contributed by atoms with E-state index in [1.807, 2.05) is 6.92 Å². The van der Waals surface area contributed by atoms with Crippen LogP contribution in [-0.2, 0) is 0 Å². The van der Waals surface area contributed by atoms with Crippen molar-refractivity contribution < 1.29 is 13.9 Å². The van der Waals surface area contributed by atoms with Crippen molar-refractivity contribution >= 4 is 17.4 Å². The number of halogens is 2. The molecule has 0 amide bonds. The lowest BCUT2D eigenvalue weighted by Gasteiger charge is -2.07. The zero-order valence-electron chi connectivity index (χ0n) is 10.4. The molecule has 3 nitrogen and oxygen atoms in total. The minimum Gasteiger partial charge on any atom is -0.479 e. The number of rotatable bonds is 3. The molecule has 1 aromatic heterocycles. The van der Waals surface area contributed by atoms with Crippen LogP contribution >= 0.6 is 11.6 Å². The van der Waals surface area contributed by atoms with Crippen molar-refractivity contribution in [2.75, 3.05) is 7.11 Å². The fourth-order valence-electron chi connectivity index (χ4n) is 1.77. The standard InChI is InChI=1S/C14H11ClFNO2/c1-8-5-9(7-10(15)6-8)13(18)11-3-4-17-14(19-2)12(11)16/h3-7H,1-2H3. The number of ether oxygens (including phenoxy) is 1. The van der Waals surface area contributed by atoms with Gasteiger partial charge in [-0.05, 0) is 36.8 Å². The molecule has 5 heteroatoms. The third-order valence-corrected chi connectivity index (χ3v) is 2.82. The average Bonchev–Trinajstić information content (AvgIpc) is 2.37. The van der Waals surface area contributed by atoms with Crippen molar-refractivity contribution in [1.29, 1.82) is 0 Å². The number of nitrogens with zero attached hydrogens (tertiary/aromatic N) is 1. The summed E-state index contributed by atoms with van der Waals surface area (Å²) in [6, 6.07) is 6.20. The molecule has 0 saturated heterocycles. The van der Waals surface area contributed by atoms with Gasteiger partial charge in [-0.2, -0.15) is 0 Å². The topological polar surface area (TPSA) is 39.2 Å². The Hall–Kier alpha value is -1.94. The van der Waals surface area contributed by atoms with Gasteiger partial charge in [0.1, 0.15) is 0 Å². The molecular weight excluding hydrogens is 269 g/mol. The number of pyridine rings is 1. The van der Waals surface area contributed by atoms with E-state index in [1.54, 1.807) is 12.1 Å². The van der Waals surface area contributed by atoms with Crippen molar-refractivity contribution in [1.82, 2.24) is 4.98 Å². The van der Waals surface area contributed by atoms with Crippen LogP contribution in [0.5, 0.6) is 5.88 Å². The molecular formula is C14H11ClFNO2. The Morgan fingerprint density at radius 1 is 1.37 bits per heavy atom. The summed E-state index contributed by atoms with van der Waals surface area (Å²) in [5.41, 5.74) is 1.07. The van der Waals surface area contributed by atoms with E-state index in [0.29, 0.717) is 10.6 Å². The Morgan fingerprint density at radius 2 is 2.11 bits per heavy atom. The van der Waals surface area contributed by atoms with Gasteiger partial charge in [-0.3, -0.25) is 4.79 Å². The zero-order chi connectivity index (χ0) is 14.0. The Morgan fingerprint density at radius 3 is 2.74 bits per heavy atom. The first-order valence-electron chi connectivity index (χ1n) is 5.53. The molecule has 0 unspecified atom stereocenters. The van der Waals surface area contributed by atoms with Gasteiger partial charge in [0.05, 0.1) is 12.7 Å². The summed E-state index contributed by atoms with van der Waals surface area (Å²) in [5, 5.41) is 0.435. The van der Waals surface area contributed by atoms with E-state index < -0.39 is 11.6 Å². The number of carbonyl (C=O) groups is 1. The molecule has 0 fully saturated rings. The molecule has 0 radical (unpaired) electrons. The van der Waals surface area contributed by atoms with E-state index >= 15 is 0 Å². The van der Waals surface area contributed by atoms with Crippen LogP contribution in [0.4, 0.5) is 4.39 Å². The molecule has 98 valence electrons. The van der Waals surface area contributed by atoms with Gasteiger partial charge < -0.3 is 4.74 Å². The van der Waals surface area contributed by atoms with Gasteiger partial charge >= 0.3 is 0 Å². The van der Waals surface area contributed by atoms with Crippen molar-refractivity contribution in [3.8, 4) is 5.88 Å². The maximum absolute atomic E-state index is 14.0. The number of hydrogen-bond donors (Lipinski definition) is 0. The van der Waals surface area contributed by atoms with E-state index in [0.717, 1.165) is 5.56 Å². The Kier molecular flexibility index (Phi) is 3.81. The van der Waals surface area contributed by atoms with Crippen molar-refractivity contribution in [3.63, 3.8) is 0 Å². The highest BCUT2D eigenvalue weighted by Gasteiger charge is 2.18. The summed E-state index contributed by atoms with van der Waals surface area (Å²) in [4.78, 5) is 16.0. The number of hydrogen-bond acceptors (Lipinski definition) is 3. The molecule has 1 aromatic carbocycles. The third-order valence-electron chi connectivity index (χ3n) is 2.60. The van der Waals surface area contributed by atoms with Crippen LogP contribution in [0.1, 0.15) is 21.5 Å². The van der Waals surface area contributed by atoms with Crippen LogP contribution in [0.2, 0.25) is 5.02 Å². The minimum absolute atomic E-state index is 0.0893. The summed E-state index contributed by atoms with van der Waals surface area (Å²) >= 11 is 5.90. The molecule has 0 aliphatic rings. The van der Waals surface area contributed by atoms with Gasteiger partial charge in [0.2, 0.25) is 0 Å². The quantitative estimate of drug-likeness (QED) is 0.808. The number of ketones is 1. The molecule has 0 bridgehead atoms. The summed E-state index contributed by atoms with van der Waals surface area (Å²) in [6.07, 6.45) is 1.33. The maximum Gasteiger partial charge on any atom is 0.250 e. The zero-order valence-corrected chi connectivity index (χ0v) is 11.2. The second kappa shape index (κ2) is 5.36. The number of carbonyl (C=O) groups excluding carboxylic acids is 1. The van der Waals surface area contributed by atoms with Gasteiger partial charge in [-0.1, -0.05) is 11.6 Å². The molecule has 1 heterocycles. The first kappa shape index (κ1) is 13.5. The number of methoxy groups -OCH3 is 1. The van der Waals surface area contributed by atoms with E-state index in [9.17, 15) is 9.18 Å². The largest absolute Gasteiger partial charge is 0.479 e. The van der Waals surface area contributed by atoms with Gasteiger partial charge in [0.15, 0.2) is 11.6 Å². The SMILES string of the molecule is COc1nccc(C(=O)c2cc(C)cc(Cl)c2)c1F. The van der Waals surface area contributed by atoms with Crippen LogP contribution in [0.3, 0.4) is 0 Å². The molecule has 0 spiro atoms. The lowest BCUT2D eigenvalue weighted by atomic mass is 10.0. The number of aromatic nitrogens is 1. The highest BCUT2D eigenvalue weighted by atomic mass is 35.5. The average molecular weight is 280 g/mol. The van der Waals surface area contributed by atoms with Gasteiger partial charge in [-0.25, -0.2) is 9.37 Å². The van der Waals surface area contributed by atoms with E-state index in [-0.39, 0.29) is 11.4 Å². The van der Waals surface area contributed by atoms with Crippen molar-refractivity contribution in [3.05, 3.63) is 58.0 Å². The molecule has 0 aliphatic carbocycles. The smallest absolute Gasteiger partial charge is 0.250 e. The number of benzene rings is 1. The third kappa shape index (κ3) is 2.74. The fraction of sp³-hybridized carbons (Fsp3) is 0.143. The van der Waals surface area contributed by atoms with Crippen LogP contribution in [-0.4, -0.2) is 17.9 Å². The first-order valence-corrected chi connectivity index (χ1v) is 5.91. The highest BCUT2D eigenvalue weighted by Crippen LogP contribution is 2.22. The normalized spacial score (nSPS) is 10.3. The summed E-state index contributed by atoms with van der Waals surface area (Å²) in [7, 11) is 1.29. The Bertz CT molecular complexity index is 623. The van der Waals surface area contributed by atoms with Crippen LogP contribution < -0.4 is 4.74 Å². The van der Waals surface area contributed by atoms with Crippen LogP contribution in [0, 0.1) is 12.7 Å². The lowest BCUT2D eigenvalue weighted by Crippen LogP contribution is -2.07. The molecule has 0 aliphatic heterocycles. The predicted octanol–water partition coefficient (Wildman–Crippen LogP) is 3.42. The van der Waals surface area contributed by atoms with Crippen molar-refractivity contribution in [2.45, 2.75) is 6.92 Å². The van der Waals surface area contributed by atoms with Crippen LogP contribution in [0.25, 0.3) is 0 Å². The lowest BCUT2D eigenvalue weighted by molar-refractivity contribution is 0.103. The molecule has 2 aromatic rings. The van der Waals surface area contributed by atoms with E-state index in [2.05, 4.69) is 4.98 Å². The van der Waals surface area contributed by atoms with E-state index in [1.165, 1.54) is 25.4 Å². The summed E-state index contributed by atoms with van der Waals surface area (Å²) in [5.74, 6) is -1.43. The molecule has 0 saturated carbocycles. The molecule has 0 N–H and O–H groups in total. The van der Waals surface area contributed by atoms with Crippen LogP contribution in [0.15, 0.2) is 30.5 Å². The molecule has 0 atom stereocenters. The minimum atomic E-state index is -0.771. The van der Waals surface area contributed by atoms with Gasteiger partial charge in [0.25, 0.3) is 5.88 Å². The summed E-state index contributed by atoms with van der Waals surface area (Å²) in [6.45, 7) is 1.81. The maximum atomic E-state index is 14.0. The second-order valence-corrected chi connectivity index (χ2v) is 4.46. The monoisotopic (exact) mass is 279 g/mol. The fourth-order valence-corrected chi connectivity index (χ4v) is 2.05. The molecule has 19 heavy (non-hydrogen) atoms. The molecule has 2 rings (SSSR count). The second-order valence-electron chi connectivity index (χ2n) is 4.03. The Labute approximate surface area is 115 Å². The van der Waals surface area contributed by atoms with Gasteiger partial charge in [-0.15, -0.1) is 0 Å². The Balaban J connectivity index is 2.50. The highest BCUT2D eigenvalue weighted by molar-refractivity contribution is 6.31. The number of aryl methyl sites for hydroxylation is 1. The van der Waals surface area contributed by atoms with Crippen molar-refractivity contribution in [2.24, 2.45) is 0 Å². The predicted molar refractivity (Wildman–Crippen MR) is 70.4 cm³/mol. The first-order chi connectivity index (χ1) is 9.02. The van der Waals surface area contributed by atoms with Gasteiger partial charge in [0, 0.05) is 16.8 Å². The van der Waals surface area contributed by atoms with E-state index in [4.69, 9.17) is 16.3 Å².